The van der Waals surface area contributed by atoms with Crippen molar-refractivity contribution in [1.82, 2.24) is 10.2 Å². The van der Waals surface area contributed by atoms with Crippen molar-refractivity contribution in [2.75, 3.05) is 26.2 Å². The fourth-order valence-electron chi connectivity index (χ4n) is 2.44. The molecule has 0 aromatic rings. The van der Waals surface area contributed by atoms with Crippen LogP contribution in [-0.4, -0.2) is 43.3 Å². The van der Waals surface area contributed by atoms with Crippen molar-refractivity contribution in [3.05, 3.63) is 0 Å². The van der Waals surface area contributed by atoms with Gasteiger partial charge in [0.15, 0.2) is 0 Å². The van der Waals surface area contributed by atoms with Gasteiger partial charge in [0.25, 0.3) is 0 Å². The topological polar surface area (TPSA) is 41.6 Å². The number of ether oxygens (including phenoxy) is 1. The van der Waals surface area contributed by atoms with E-state index in [0.29, 0.717) is 24.5 Å². The Bertz CT molecular complexity index is 271. The molecule has 4 nitrogen and oxygen atoms in total. The normalized spacial score (nSPS) is 24.1. The van der Waals surface area contributed by atoms with Crippen molar-refractivity contribution in [3.63, 3.8) is 0 Å². The minimum atomic E-state index is -0.100. The molecule has 0 aromatic carbocycles. The molecule has 0 aromatic heterocycles. The average molecular weight is 254 g/mol. The van der Waals surface area contributed by atoms with E-state index in [-0.39, 0.29) is 6.09 Å². The van der Waals surface area contributed by atoms with E-state index in [9.17, 15) is 4.79 Å². The Kier molecular flexibility index (Phi) is 4.87. The van der Waals surface area contributed by atoms with Gasteiger partial charge in [0.1, 0.15) is 0 Å². The second kappa shape index (κ2) is 6.41. The van der Waals surface area contributed by atoms with Crippen LogP contribution in [0.25, 0.3) is 0 Å². The number of nitrogens with zero attached hydrogens (tertiary/aromatic N) is 1. The van der Waals surface area contributed by atoms with Gasteiger partial charge in [-0.25, -0.2) is 4.79 Å². The Morgan fingerprint density at radius 2 is 2.17 bits per heavy atom. The first-order valence-electron chi connectivity index (χ1n) is 7.31. The number of rotatable bonds is 5. The molecule has 1 aliphatic carbocycles. The number of piperidine rings is 1. The zero-order valence-electron chi connectivity index (χ0n) is 11.7. The van der Waals surface area contributed by atoms with Crippen molar-refractivity contribution in [2.45, 2.75) is 45.6 Å². The Hall–Kier alpha value is -0.770. The third kappa shape index (κ3) is 4.16. The predicted molar refractivity (Wildman–Crippen MR) is 71.5 cm³/mol. The Labute approximate surface area is 110 Å². The molecule has 0 radical (unpaired) electrons. The number of carbonyl (C=O) groups is 1. The van der Waals surface area contributed by atoms with Crippen molar-refractivity contribution in [2.24, 2.45) is 11.8 Å². The molecular formula is C14H26N2O2. The summed E-state index contributed by atoms with van der Waals surface area (Å²) in [6, 6.07) is 0.451. The van der Waals surface area contributed by atoms with Gasteiger partial charge in [-0.15, -0.1) is 0 Å². The van der Waals surface area contributed by atoms with Gasteiger partial charge in [-0.1, -0.05) is 13.8 Å². The summed E-state index contributed by atoms with van der Waals surface area (Å²) in [5.41, 5.74) is 0. The smallest absolute Gasteiger partial charge is 0.410 e. The number of nitrogens with one attached hydrogen (secondary N) is 1. The number of amides is 1. The molecule has 1 aliphatic heterocycles. The van der Waals surface area contributed by atoms with Crippen LogP contribution in [0.15, 0.2) is 0 Å². The Morgan fingerprint density at radius 1 is 1.39 bits per heavy atom. The van der Waals surface area contributed by atoms with E-state index in [1.807, 2.05) is 4.90 Å². The quantitative estimate of drug-likeness (QED) is 0.818. The van der Waals surface area contributed by atoms with Crippen LogP contribution in [-0.2, 0) is 4.74 Å². The first kappa shape index (κ1) is 13.7. The monoisotopic (exact) mass is 254 g/mol. The lowest BCUT2D eigenvalue weighted by molar-refractivity contribution is 0.0817. The molecule has 0 spiro atoms. The summed E-state index contributed by atoms with van der Waals surface area (Å²) in [6.07, 6.45) is 4.66. The predicted octanol–water partition coefficient (Wildman–Crippen LogP) is 2.24. The first-order chi connectivity index (χ1) is 8.66. The van der Waals surface area contributed by atoms with Gasteiger partial charge in [0.2, 0.25) is 0 Å². The molecule has 104 valence electrons. The summed E-state index contributed by atoms with van der Waals surface area (Å²) in [6.45, 7) is 7.71. The van der Waals surface area contributed by atoms with Crippen LogP contribution < -0.4 is 5.32 Å². The summed E-state index contributed by atoms with van der Waals surface area (Å²) in [5, 5.41) is 3.41. The van der Waals surface area contributed by atoms with Gasteiger partial charge in [0.05, 0.1) is 6.61 Å². The van der Waals surface area contributed by atoms with Crippen LogP contribution in [0.1, 0.15) is 39.5 Å². The zero-order chi connectivity index (χ0) is 13.0. The molecule has 1 unspecified atom stereocenters. The third-order valence-corrected chi connectivity index (χ3v) is 3.62. The number of hydrogen-bond donors (Lipinski definition) is 1. The summed E-state index contributed by atoms with van der Waals surface area (Å²) < 4.78 is 5.38. The van der Waals surface area contributed by atoms with Gasteiger partial charge in [-0.3, -0.25) is 0 Å². The highest BCUT2D eigenvalue weighted by Crippen LogP contribution is 2.29. The van der Waals surface area contributed by atoms with Crippen molar-refractivity contribution >= 4 is 6.09 Å². The molecule has 4 heteroatoms. The maximum atomic E-state index is 12.1. The highest BCUT2D eigenvalue weighted by atomic mass is 16.6. The summed E-state index contributed by atoms with van der Waals surface area (Å²) in [7, 11) is 0. The first-order valence-corrected chi connectivity index (χ1v) is 7.31. The molecule has 2 fully saturated rings. The zero-order valence-corrected chi connectivity index (χ0v) is 11.7. The highest BCUT2D eigenvalue weighted by molar-refractivity contribution is 5.68. The van der Waals surface area contributed by atoms with E-state index in [2.05, 4.69) is 19.2 Å². The molecule has 1 saturated carbocycles. The average Bonchev–Trinajstić information content (AvgIpc) is 3.18. The van der Waals surface area contributed by atoms with Crippen LogP contribution in [0, 0.1) is 11.8 Å². The van der Waals surface area contributed by atoms with E-state index in [1.165, 1.54) is 12.8 Å². The van der Waals surface area contributed by atoms with E-state index in [1.54, 1.807) is 0 Å². The van der Waals surface area contributed by atoms with Gasteiger partial charge < -0.3 is 15.0 Å². The Balaban J connectivity index is 1.81. The lowest BCUT2D eigenvalue weighted by Gasteiger charge is -2.30. The lowest BCUT2D eigenvalue weighted by Crippen LogP contribution is -2.42. The number of carbonyl (C=O) groups excluding carboxylic acids is 1. The fraction of sp³-hybridized carbons (Fsp3) is 0.929. The van der Waals surface area contributed by atoms with Crippen LogP contribution >= 0.6 is 0 Å². The van der Waals surface area contributed by atoms with Crippen molar-refractivity contribution in [3.8, 4) is 0 Å². The van der Waals surface area contributed by atoms with E-state index < -0.39 is 0 Å². The summed E-state index contributed by atoms with van der Waals surface area (Å²) in [5.74, 6) is 1.01. The minimum Gasteiger partial charge on any atom is -0.449 e. The molecule has 0 bridgehead atoms. The Morgan fingerprint density at radius 3 is 2.72 bits per heavy atom. The van der Waals surface area contributed by atoms with Gasteiger partial charge in [0, 0.05) is 12.6 Å². The summed E-state index contributed by atoms with van der Waals surface area (Å²) in [4.78, 5) is 14.1. The van der Waals surface area contributed by atoms with Crippen molar-refractivity contribution in [1.29, 1.82) is 0 Å². The fourth-order valence-corrected chi connectivity index (χ4v) is 2.44. The van der Waals surface area contributed by atoms with Crippen molar-refractivity contribution < 1.29 is 9.53 Å². The minimum absolute atomic E-state index is 0.100. The second-order valence-electron chi connectivity index (χ2n) is 6.07. The van der Waals surface area contributed by atoms with E-state index in [4.69, 9.17) is 4.74 Å². The van der Waals surface area contributed by atoms with Crippen LogP contribution in [0.5, 0.6) is 0 Å². The molecule has 1 heterocycles. The standard InChI is InChI=1S/C14H26N2O2/c1-11(2)10-18-14(17)16(13-5-6-13)9-12-4-3-7-15-8-12/h11-13,15H,3-10H2,1-2H3. The second-order valence-corrected chi connectivity index (χ2v) is 6.07. The molecule has 2 rings (SSSR count). The molecule has 1 atom stereocenters. The largest absolute Gasteiger partial charge is 0.449 e. The SMILES string of the molecule is CC(C)COC(=O)N(CC1CCCNC1)C1CC1. The lowest BCUT2D eigenvalue weighted by atomic mass is 9.99. The number of hydrogen-bond acceptors (Lipinski definition) is 3. The molecule has 1 amide bonds. The van der Waals surface area contributed by atoms with Crippen LogP contribution in [0.3, 0.4) is 0 Å². The highest BCUT2D eigenvalue weighted by Gasteiger charge is 2.35. The van der Waals surface area contributed by atoms with Crippen LogP contribution in [0.2, 0.25) is 0 Å². The molecule has 1 saturated heterocycles. The van der Waals surface area contributed by atoms with E-state index in [0.717, 1.165) is 32.5 Å². The molecule has 18 heavy (non-hydrogen) atoms. The van der Waals surface area contributed by atoms with Gasteiger partial charge in [-0.05, 0) is 50.6 Å². The maximum Gasteiger partial charge on any atom is 0.410 e. The maximum absolute atomic E-state index is 12.1. The molecular weight excluding hydrogens is 228 g/mol. The molecule has 2 aliphatic rings. The van der Waals surface area contributed by atoms with Crippen LogP contribution in [0.4, 0.5) is 4.79 Å². The van der Waals surface area contributed by atoms with Gasteiger partial charge >= 0.3 is 6.09 Å². The van der Waals surface area contributed by atoms with E-state index >= 15 is 0 Å². The summed E-state index contributed by atoms with van der Waals surface area (Å²) >= 11 is 0. The third-order valence-electron chi connectivity index (χ3n) is 3.62. The molecule has 1 N–H and O–H groups in total. The van der Waals surface area contributed by atoms with Gasteiger partial charge in [-0.2, -0.15) is 0 Å².